The molecule has 1 heteroatoms. The summed E-state index contributed by atoms with van der Waals surface area (Å²) in [6.45, 7) is 3.36. The van der Waals surface area contributed by atoms with Crippen LogP contribution >= 0.6 is 0 Å². The number of benzene rings is 2. The summed E-state index contributed by atoms with van der Waals surface area (Å²) in [7, 11) is 0. The Morgan fingerprint density at radius 2 is 1.43 bits per heavy atom. The molecule has 1 saturated carbocycles. The average molecular weight is 279 g/mol. The van der Waals surface area contributed by atoms with Gasteiger partial charge >= 0.3 is 0 Å². The number of nitrogens with one attached hydrogen (secondary N) is 1. The normalized spacial score (nSPS) is 16.1. The van der Waals surface area contributed by atoms with Gasteiger partial charge in [-0.3, -0.25) is 0 Å². The maximum atomic E-state index is 3.83. The first kappa shape index (κ1) is 14.3. The van der Waals surface area contributed by atoms with Crippen molar-refractivity contribution < 1.29 is 0 Å². The maximum absolute atomic E-state index is 3.83. The first-order valence-corrected chi connectivity index (χ1v) is 8.23. The molecule has 1 aliphatic carbocycles. The zero-order chi connectivity index (χ0) is 14.5. The Bertz CT molecular complexity index is 491. The summed E-state index contributed by atoms with van der Waals surface area (Å²) in [5.74, 6) is 1.30. The van der Waals surface area contributed by atoms with Crippen molar-refractivity contribution in [2.45, 2.75) is 38.1 Å². The van der Waals surface area contributed by atoms with E-state index in [-0.39, 0.29) is 0 Å². The van der Waals surface area contributed by atoms with E-state index < -0.39 is 0 Å². The van der Waals surface area contributed by atoms with Gasteiger partial charge in [-0.1, -0.05) is 67.6 Å². The first-order chi connectivity index (χ1) is 10.4. The number of hydrogen-bond donors (Lipinski definition) is 1. The zero-order valence-corrected chi connectivity index (χ0v) is 12.8. The highest BCUT2D eigenvalue weighted by molar-refractivity contribution is 5.35. The summed E-state index contributed by atoms with van der Waals surface area (Å²) < 4.78 is 0. The van der Waals surface area contributed by atoms with Crippen LogP contribution in [-0.2, 0) is 0 Å². The van der Waals surface area contributed by atoms with Crippen LogP contribution < -0.4 is 5.32 Å². The van der Waals surface area contributed by atoms with Crippen molar-refractivity contribution in [2.75, 3.05) is 6.54 Å². The molecule has 110 valence electrons. The molecule has 0 heterocycles. The third-order valence-electron chi connectivity index (χ3n) is 4.44. The van der Waals surface area contributed by atoms with Crippen LogP contribution in [0.1, 0.15) is 43.2 Å². The standard InChI is InChI=1S/C20H25N/c1-2-15-21-20(18-13-14-18)19(16-9-5-3-6-10-16)17-11-7-4-8-12-17/h3-12,18-21H,2,13-15H2,1H3. The number of hydrogen-bond acceptors (Lipinski definition) is 1. The van der Waals surface area contributed by atoms with Gasteiger partial charge in [-0.2, -0.15) is 0 Å². The molecule has 0 amide bonds. The zero-order valence-electron chi connectivity index (χ0n) is 12.8. The van der Waals surface area contributed by atoms with E-state index >= 15 is 0 Å². The van der Waals surface area contributed by atoms with E-state index in [1.807, 2.05) is 0 Å². The van der Waals surface area contributed by atoms with Gasteiger partial charge < -0.3 is 5.32 Å². The van der Waals surface area contributed by atoms with Gasteiger partial charge in [0.2, 0.25) is 0 Å². The summed E-state index contributed by atoms with van der Waals surface area (Å²) >= 11 is 0. The molecule has 0 bridgehead atoms. The lowest BCUT2D eigenvalue weighted by Gasteiger charge is -2.29. The van der Waals surface area contributed by atoms with Crippen molar-refractivity contribution in [1.29, 1.82) is 0 Å². The third kappa shape index (κ3) is 3.54. The second kappa shape index (κ2) is 6.91. The molecule has 21 heavy (non-hydrogen) atoms. The Hall–Kier alpha value is -1.60. The second-order valence-electron chi connectivity index (χ2n) is 6.12. The summed E-state index contributed by atoms with van der Waals surface area (Å²) in [5.41, 5.74) is 2.87. The van der Waals surface area contributed by atoms with Gasteiger partial charge in [0.15, 0.2) is 0 Å². The summed E-state index contributed by atoms with van der Waals surface area (Å²) in [6, 6.07) is 22.5. The minimum atomic E-state index is 0.464. The molecule has 2 aromatic carbocycles. The van der Waals surface area contributed by atoms with E-state index in [2.05, 4.69) is 72.9 Å². The lowest BCUT2D eigenvalue weighted by atomic mass is 9.83. The van der Waals surface area contributed by atoms with Crippen molar-refractivity contribution in [2.24, 2.45) is 5.92 Å². The maximum Gasteiger partial charge on any atom is 0.0246 e. The molecule has 1 fully saturated rings. The van der Waals surface area contributed by atoms with E-state index in [0.29, 0.717) is 12.0 Å². The first-order valence-electron chi connectivity index (χ1n) is 8.23. The summed E-state index contributed by atoms with van der Waals surface area (Å²) in [6.07, 6.45) is 3.94. The topological polar surface area (TPSA) is 12.0 Å². The molecule has 1 aliphatic rings. The molecule has 0 aromatic heterocycles. The Morgan fingerprint density at radius 1 is 0.905 bits per heavy atom. The highest BCUT2D eigenvalue weighted by Gasteiger charge is 2.37. The molecule has 1 N–H and O–H groups in total. The predicted octanol–water partition coefficient (Wildman–Crippen LogP) is 4.60. The van der Waals surface area contributed by atoms with Crippen LogP contribution in [-0.4, -0.2) is 12.6 Å². The molecule has 0 spiro atoms. The van der Waals surface area contributed by atoms with Crippen LogP contribution in [0.4, 0.5) is 0 Å². The third-order valence-corrected chi connectivity index (χ3v) is 4.44. The van der Waals surface area contributed by atoms with E-state index in [9.17, 15) is 0 Å². The molecular weight excluding hydrogens is 254 g/mol. The van der Waals surface area contributed by atoms with Gasteiger partial charge in [0, 0.05) is 12.0 Å². The fourth-order valence-corrected chi connectivity index (χ4v) is 3.25. The second-order valence-corrected chi connectivity index (χ2v) is 6.12. The Morgan fingerprint density at radius 3 is 1.86 bits per heavy atom. The molecule has 1 nitrogen and oxygen atoms in total. The van der Waals surface area contributed by atoms with Crippen molar-refractivity contribution in [3.63, 3.8) is 0 Å². The monoisotopic (exact) mass is 279 g/mol. The highest BCUT2D eigenvalue weighted by atomic mass is 14.9. The van der Waals surface area contributed by atoms with Gasteiger partial charge in [0.05, 0.1) is 0 Å². The molecule has 0 aliphatic heterocycles. The van der Waals surface area contributed by atoms with Crippen molar-refractivity contribution in [3.8, 4) is 0 Å². The SMILES string of the molecule is CCCNC(C1CC1)C(c1ccccc1)c1ccccc1. The molecule has 1 unspecified atom stereocenters. The van der Waals surface area contributed by atoms with Crippen LogP contribution in [0, 0.1) is 5.92 Å². The van der Waals surface area contributed by atoms with Crippen molar-refractivity contribution in [3.05, 3.63) is 71.8 Å². The molecular formula is C20H25N. The fourth-order valence-electron chi connectivity index (χ4n) is 3.25. The smallest absolute Gasteiger partial charge is 0.0246 e. The van der Waals surface area contributed by atoms with Gasteiger partial charge in [0.1, 0.15) is 0 Å². The molecule has 1 atom stereocenters. The quantitative estimate of drug-likeness (QED) is 0.781. The Labute approximate surface area is 128 Å². The summed E-state index contributed by atoms with van der Waals surface area (Å²) in [5, 5.41) is 3.83. The lowest BCUT2D eigenvalue weighted by Crippen LogP contribution is -2.38. The Kier molecular flexibility index (Phi) is 4.72. The fraction of sp³-hybridized carbons (Fsp3) is 0.400. The van der Waals surface area contributed by atoms with Gasteiger partial charge in [0.25, 0.3) is 0 Å². The predicted molar refractivity (Wildman–Crippen MR) is 89.5 cm³/mol. The number of rotatable bonds is 7. The van der Waals surface area contributed by atoms with E-state index in [4.69, 9.17) is 0 Å². The van der Waals surface area contributed by atoms with Gasteiger partial charge in [-0.25, -0.2) is 0 Å². The van der Waals surface area contributed by atoms with E-state index in [0.717, 1.165) is 12.5 Å². The van der Waals surface area contributed by atoms with Crippen LogP contribution in [0.25, 0.3) is 0 Å². The van der Waals surface area contributed by atoms with Crippen LogP contribution in [0.2, 0.25) is 0 Å². The van der Waals surface area contributed by atoms with Crippen LogP contribution in [0.3, 0.4) is 0 Å². The molecule has 3 rings (SSSR count). The lowest BCUT2D eigenvalue weighted by molar-refractivity contribution is 0.422. The van der Waals surface area contributed by atoms with E-state index in [1.54, 1.807) is 0 Å². The molecule has 2 aromatic rings. The molecule has 0 saturated heterocycles. The van der Waals surface area contributed by atoms with Gasteiger partial charge in [-0.05, 0) is 42.9 Å². The van der Waals surface area contributed by atoms with Crippen LogP contribution in [0.5, 0.6) is 0 Å². The van der Waals surface area contributed by atoms with Crippen molar-refractivity contribution in [1.82, 2.24) is 5.32 Å². The van der Waals surface area contributed by atoms with Crippen LogP contribution in [0.15, 0.2) is 60.7 Å². The van der Waals surface area contributed by atoms with Gasteiger partial charge in [-0.15, -0.1) is 0 Å². The Balaban J connectivity index is 1.94. The largest absolute Gasteiger partial charge is 0.313 e. The van der Waals surface area contributed by atoms with E-state index in [1.165, 1.54) is 30.4 Å². The summed E-state index contributed by atoms with van der Waals surface area (Å²) in [4.78, 5) is 0. The van der Waals surface area contributed by atoms with Crippen molar-refractivity contribution >= 4 is 0 Å². The molecule has 0 radical (unpaired) electrons. The minimum Gasteiger partial charge on any atom is -0.313 e. The average Bonchev–Trinajstić information content (AvgIpc) is 3.38. The highest BCUT2D eigenvalue weighted by Crippen LogP contribution is 2.41. The minimum absolute atomic E-state index is 0.464.